The predicted molar refractivity (Wildman–Crippen MR) is 65.0 cm³/mol. The van der Waals surface area contributed by atoms with E-state index in [1.54, 1.807) is 0 Å². The second kappa shape index (κ2) is 4.17. The molecule has 0 radical (unpaired) electrons. The SMILES string of the molecule is Cc1ccc(C2(O)CC(C)CC(C)C2)cn1. The summed E-state index contributed by atoms with van der Waals surface area (Å²) in [5.74, 6) is 1.19. The minimum atomic E-state index is -0.655. The van der Waals surface area contributed by atoms with Gasteiger partial charge in [0.05, 0.1) is 5.60 Å². The summed E-state index contributed by atoms with van der Waals surface area (Å²) in [5.41, 5.74) is 1.33. The summed E-state index contributed by atoms with van der Waals surface area (Å²) in [4.78, 5) is 4.29. The zero-order valence-electron chi connectivity index (χ0n) is 10.4. The molecule has 0 aliphatic heterocycles. The Balaban J connectivity index is 2.26. The summed E-state index contributed by atoms with van der Waals surface area (Å²) in [6, 6.07) is 4.00. The number of aromatic nitrogens is 1. The van der Waals surface area contributed by atoms with Crippen molar-refractivity contribution < 1.29 is 5.11 Å². The summed E-state index contributed by atoms with van der Waals surface area (Å²) in [6.45, 7) is 6.42. The highest BCUT2D eigenvalue weighted by Gasteiger charge is 2.37. The predicted octanol–water partition coefficient (Wildman–Crippen LogP) is 3.03. The Morgan fingerprint density at radius 2 is 1.88 bits per heavy atom. The van der Waals surface area contributed by atoms with Gasteiger partial charge in [-0.3, -0.25) is 4.98 Å². The first-order chi connectivity index (χ1) is 7.49. The smallest absolute Gasteiger partial charge is 0.0916 e. The Morgan fingerprint density at radius 1 is 1.25 bits per heavy atom. The number of aliphatic hydroxyl groups is 1. The van der Waals surface area contributed by atoms with Crippen LogP contribution in [-0.4, -0.2) is 10.1 Å². The van der Waals surface area contributed by atoms with Gasteiger partial charge in [0.15, 0.2) is 0 Å². The minimum Gasteiger partial charge on any atom is -0.385 e. The van der Waals surface area contributed by atoms with E-state index in [-0.39, 0.29) is 0 Å². The first kappa shape index (κ1) is 11.6. The van der Waals surface area contributed by atoms with Crippen molar-refractivity contribution in [1.82, 2.24) is 4.98 Å². The van der Waals surface area contributed by atoms with E-state index in [2.05, 4.69) is 18.8 Å². The lowest BCUT2D eigenvalue weighted by molar-refractivity contribution is -0.0365. The molecule has 0 saturated heterocycles. The van der Waals surface area contributed by atoms with Crippen molar-refractivity contribution in [1.29, 1.82) is 0 Å². The summed E-state index contributed by atoms with van der Waals surface area (Å²) in [6.07, 6.45) is 4.78. The molecule has 1 aromatic rings. The van der Waals surface area contributed by atoms with Gasteiger partial charge in [0.25, 0.3) is 0 Å². The summed E-state index contributed by atoms with van der Waals surface area (Å²) >= 11 is 0. The zero-order valence-corrected chi connectivity index (χ0v) is 10.4. The number of aryl methyl sites for hydroxylation is 1. The van der Waals surface area contributed by atoms with Crippen LogP contribution in [0, 0.1) is 18.8 Å². The average Bonchev–Trinajstić information content (AvgIpc) is 2.16. The van der Waals surface area contributed by atoms with Crippen molar-refractivity contribution in [2.45, 2.75) is 45.6 Å². The van der Waals surface area contributed by atoms with Crippen LogP contribution in [-0.2, 0) is 5.60 Å². The Bertz CT molecular complexity index is 348. The Labute approximate surface area is 97.7 Å². The molecule has 0 bridgehead atoms. The van der Waals surface area contributed by atoms with Gasteiger partial charge in [0.1, 0.15) is 0 Å². The fraction of sp³-hybridized carbons (Fsp3) is 0.643. The standard InChI is InChI=1S/C14H21NO/c1-10-6-11(2)8-14(16,7-10)13-5-4-12(3)15-9-13/h4-5,9-11,16H,6-8H2,1-3H3. The van der Waals surface area contributed by atoms with Gasteiger partial charge in [-0.15, -0.1) is 0 Å². The fourth-order valence-electron chi connectivity index (χ4n) is 3.07. The van der Waals surface area contributed by atoms with Gasteiger partial charge < -0.3 is 5.11 Å². The van der Waals surface area contributed by atoms with Gasteiger partial charge in [-0.25, -0.2) is 0 Å². The average molecular weight is 219 g/mol. The van der Waals surface area contributed by atoms with Crippen molar-refractivity contribution in [3.63, 3.8) is 0 Å². The van der Waals surface area contributed by atoms with Crippen molar-refractivity contribution in [3.05, 3.63) is 29.6 Å². The maximum Gasteiger partial charge on any atom is 0.0916 e. The molecule has 1 aromatic heterocycles. The molecule has 2 nitrogen and oxygen atoms in total. The van der Waals surface area contributed by atoms with Crippen LogP contribution in [0.3, 0.4) is 0 Å². The molecule has 0 amide bonds. The molecule has 1 fully saturated rings. The van der Waals surface area contributed by atoms with Gasteiger partial charge in [-0.1, -0.05) is 19.9 Å². The van der Waals surface area contributed by atoms with E-state index < -0.39 is 5.60 Å². The molecular formula is C14H21NO. The van der Waals surface area contributed by atoms with Crippen molar-refractivity contribution in [3.8, 4) is 0 Å². The number of nitrogens with zero attached hydrogens (tertiary/aromatic N) is 1. The van der Waals surface area contributed by atoms with Crippen LogP contribution in [0.1, 0.15) is 44.4 Å². The molecule has 88 valence electrons. The van der Waals surface area contributed by atoms with Crippen molar-refractivity contribution >= 4 is 0 Å². The first-order valence-corrected chi connectivity index (χ1v) is 6.15. The molecule has 1 aliphatic carbocycles. The molecule has 2 heteroatoms. The topological polar surface area (TPSA) is 33.1 Å². The molecule has 0 spiro atoms. The van der Waals surface area contributed by atoms with Gasteiger partial charge >= 0.3 is 0 Å². The number of hydrogen-bond acceptors (Lipinski definition) is 2. The normalized spacial score (nSPS) is 35.0. The summed E-state index contributed by atoms with van der Waals surface area (Å²) in [5, 5.41) is 10.7. The van der Waals surface area contributed by atoms with Gasteiger partial charge in [0, 0.05) is 17.5 Å². The molecule has 1 aliphatic rings. The van der Waals surface area contributed by atoms with Crippen LogP contribution in [0.5, 0.6) is 0 Å². The third-order valence-electron chi connectivity index (χ3n) is 3.63. The lowest BCUT2D eigenvalue weighted by atomic mass is 9.71. The lowest BCUT2D eigenvalue weighted by Gasteiger charge is -2.39. The maximum absolute atomic E-state index is 10.7. The molecule has 2 atom stereocenters. The number of hydrogen-bond donors (Lipinski definition) is 1. The summed E-state index contributed by atoms with van der Waals surface area (Å²) < 4.78 is 0. The van der Waals surface area contributed by atoms with Crippen LogP contribution in [0.2, 0.25) is 0 Å². The second-order valence-corrected chi connectivity index (χ2v) is 5.57. The molecular weight excluding hydrogens is 198 g/mol. The van der Waals surface area contributed by atoms with E-state index in [1.165, 1.54) is 6.42 Å². The molecule has 1 heterocycles. The highest BCUT2D eigenvalue weighted by Crippen LogP contribution is 2.42. The van der Waals surface area contributed by atoms with Gasteiger partial charge in [-0.05, 0) is 44.1 Å². The van der Waals surface area contributed by atoms with E-state index in [0.29, 0.717) is 11.8 Å². The third-order valence-corrected chi connectivity index (χ3v) is 3.63. The van der Waals surface area contributed by atoms with Crippen LogP contribution < -0.4 is 0 Å². The third kappa shape index (κ3) is 2.27. The highest BCUT2D eigenvalue weighted by atomic mass is 16.3. The monoisotopic (exact) mass is 219 g/mol. The number of rotatable bonds is 1. The van der Waals surface area contributed by atoms with Crippen LogP contribution in [0.25, 0.3) is 0 Å². The Hall–Kier alpha value is -0.890. The number of pyridine rings is 1. The molecule has 16 heavy (non-hydrogen) atoms. The minimum absolute atomic E-state index is 0.593. The van der Waals surface area contributed by atoms with Crippen LogP contribution in [0.15, 0.2) is 18.3 Å². The highest BCUT2D eigenvalue weighted by molar-refractivity contribution is 5.21. The van der Waals surface area contributed by atoms with E-state index in [0.717, 1.165) is 24.1 Å². The van der Waals surface area contributed by atoms with Crippen molar-refractivity contribution in [2.75, 3.05) is 0 Å². The zero-order chi connectivity index (χ0) is 11.8. The Morgan fingerprint density at radius 3 is 2.38 bits per heavy atom. The van der Waals surface area contributed by atoms with Gasteiger partial charge in [-0.2, -0.15) is 0 Å². The van der Waals surface area contributed by atoms with Crippen LogP contribution in [0.4, 0.5) is 0 Å². The molecule has 1 N–H and O–H groups in total. The Kier molecular flexibility index (Phi) is 3.02. The quantitative estimate of drug-likeness (QED) is 0.787. The van der Waals surface area contributed by atoms with Crippen LogP contribution >= 0.6 is 0 Å². The largest absolute Gasteiger partial charge is 0.385 e. The van der Waals surface area contributed by atoms with Gasteiger partial charge in [0.2, 0.25) is 0 Å². The molecule has 1 saturated carbocycles. The lowest BCUT2D eigenvalue weighted by Crippen LogP contribution is -2.35. The van der Waals surface area contributed by atoms with E-state index in [1.807, 2.05) is 25.3 Å². The van der Waals surface area contributed by atoms with Crippen molar-refractivity contribution in [2.24, 2.45) is 11.8 Å². The molecule has 0 aromatic carbocycles. The van der Waals surface area contributed by atoms with E-state index in [4.69, 9.17) is 0 Å². The summed E-state index contributed by atoms with van der Waals surface area (Å²) in [7, 11) is 0. The van der Waals surface area contributed by atoms with E-state index in [9.17, 15) is 5.11 Å². The molecule has 2 rings (SSSR count). The maximum atomic E-state index is 10.7. The first-order valence-electron chi connectivity index (χ1n) is 6.15. The fourth-order valence-corrected chi connectivity index (χ4v) is 3.07. The van der Waals surface area contributed by atoms with E-state index >= 15 is 0 Å². The second-order valence-electron chi connectivity index (χ2n) is 5.57. The molecule has 2 unspecified atom stereocenters.